The van der Waals surface area contributed by atoms with Gasteiger partial charge in [0, 0.05) is 19.8 Å². The number of nitrogens with zero attached hydrogens (tertiary/aromatic N) is 2. The van der Waals surface area contributed by atoms with Gasteiger partial charge in [-0.3, -0.25) is 0 Å². The fraction of sp³-hybridized carbons (Fsp3) is 0. The highest BCUT2D eigenvalue weighted by molar-refractivity contribution is 4.74. The van der Waals surface area contributed by atoms with Gasteiger partial charge < -0.3 is 0 Å². The molecule has 0 aliphatic heterocycles. The monoisotopic (exact) mass is 92.0 g/mol. The van der Waals surface area contributed by atoms with Crippen LogP contribution >= 0.6 is 0 Å². The molecule has 2 heteroatoms. The Bertz CT molecular complexity index is 78.0. The third-order valence-electron chi connectivity index (χ3n) is 0.478. The molecule has 0 unspecified atom stereocenters. The normalized spacial score (nSPS) is 6.86. The van der Waals surface area contributed by atoms with Crippen LogP contribution in [0.25, 0.3) is 0 Å². The molecule has 1 heterocycles. The average molecular weight is 92.1 g/mol. The molecule has 7 heavy (non-hydrogen) atoms. The lowest BCUT2D eigenvalue weighted by atomic mass is 10.7. The van der Waals surface area contributed by atoms with Crippen LogP contribution in [0.15, 0.2) is 24.8 Å². The number of hydrogen-bond acceptors (Lipinski definition) is 2. The predicted molar refractivity (Wildman–Crippen MR) is 25.3 cm³/mol. The Balaban J connectivity index is 0.000000360. The summed E-state index contributed by atoms with van der Waals surface area (Å²) in [5.41, 5.74) is 0. The van der Waals surface area contributed by atoms with Gasteiger partial charge in [0.1, 0.15) is 6.33 Å². The van der Waals surface area contributed by atoms with Crippen molar-refractivity contribution in [3.63, 3.8) is 0 Å². The number of rotatable bonds is 0. The molecule has 0 N–H and O–H groups in total. The van der Waals surface area contributed by atoms with Gasteiger partial charge in [0.25, 0.3) is 0 Å². The summed E-state index contributed by atoms with van der Waals surface area (Å²) in [5.74, 6) is 0. The molecule has 4 radical (unpaired) electrons. The summed E-state index contributed by atoms with van der Waals surface area (Å²) in [5, 5.41) is 0. The lowest BCUT2D eigenvalue weighted by Crippen LogP contribution is -1.66. The van der Waals surface area contributed by atoms with Crippen LogP contribution < -0.4 is 0 Å². The topological polar surface area (TPSA) is 25.8 Å². The molecule has 0 fully saturated rings. The van der Waals surface area contributed by atoms with Crippen molar-refractivity contribution in [2.75, 3.05) is 0 Å². The summed E-state index contributed by atoms with van der Waals surface area (Å²) in [7, 11) is 0. The van der Waals surface area contributed by atoms with Gasteiger partial charge >= 0.3 is 0 Å². The third-order valence-corrected chi connectivity index (χ3v) is 0.478. The van der Waals surface area contributed by atoms with E-state index in [1.165, 1.54) is 6.33 Å². The Hall–Kier alpha value is -0.920. The molecule has 0 bridgehead atoms. The fourth-order valence-electron chi connectivity index (χ4n) is 0.253. The zero-order valence-corrected chi connectivity index (χ0v) is 3.70. The minimum atomic E-state index is 0. The van der Waals surface area contributed by atoms with Gasteiger partial charge in [0.15, 0.2) is 0 Å². The highest BCUT2D eigenvalue weighted by atomic mass is 14.8. The van der Waals surface area contributed by atoms with Gasteiger partial charge in [-0.1, -0.05) is 0 Å². The molecular weight excluding hydrogens is 88.1 g/mol. The second-order valence-electron chi connectivity index (χ2n) is 0.904. The van der Waals surface area contributed by atoms with Gasteiger partial charge in [-0.05, 0) is 6.07 Å². The quantitative estimate of drug-likeness (QED) is 0.467. The number of aromatic nitrogens is 2. The van der Waals surface area contributed by atoms with Crippen molar-refractivity contribution in [2.45, 2.75) is 0 Å². The van der Waals surface area contributed by atoms with Gasteiger partial charge in [-0.25, -0.2) is 9.97 Å². The first-order chi connectivity index (χ1) is 3.00. The minimum Gasteiger partial charge on any atom is -0.245 e. The summed E-state index contributed by atoms with van der Waals surface area (Å²) < 4.78 is 0. The first-order valence-corrected chi connectivity index (χ1v) is 1.70. The van der Waals surface area contributed by atoms with E-state index >= 15 is 0 Å². The molecule has 1 aromatic rings. The standard InChI is InChI=1S/C4H4N2.C/c1-2-5-4-6-3-1;/h1-4H;. The van der Waals surface area contributed by atoms with Crippen LogP contribution in [0.2, 0.25) is 0 Å². The average Bonchev–Trinajstić information content (AvgIpc) is 1.72. The molecule has 2 nitrogen and oxygen atoms in total. The fourth-order valence-corrected chi connectivity index (χ4v) is 0.253. The van der Waals surface area contributed by atoms with Crippen LogP contribution in [0.3, 0.4) is 0 Å². The van der Waals surface area contributed by atoms with E-state index in [9.17, 15) is 0 Å². The smallest absolute Gasteiger partial charge is 0.115 e. The Kier molecular flexibility index (Phi) is 2.85. The van der Waals surface area contributed by atoms with Gasteiger partial charge in [-0.15, -0.1) is 0 Å². The lowest BCUT2D eigenvalue weighted by Gasteiger charge is -1.70. The van der Waals surface area contributed by atoms with Crippen LogP contribution in [-0.2, 0) is 0 Å². The molecule has 0 saturated heterocycles. The Morgan fingerprint density at radius 3 is 1.71 bits per heavy atom. The van der Waals surface area contributed by atoms with Crippen molar-refractivity contribution in [1.29, 1.82) is 0 Å². The van der Waals surface area contributed by atoms with E-state index in [2.05, 4.69) is 9.97 Å². The van der Waals surface area contributed by atoms with Gasteiger partial charge in [0.2, 0.25) is 0 Å². The van der Waals surface area contributed by atoms with Crippen molar-refractivity contribution in [3.05, 3.63) is 32.2 Å². The Morgan fingerprint density at radius 2 is 1.57 bits per heavy atom. The van der Waals surface area contributed by atoms with E-state index in [0.29, 0.717) is 0 Å². The molecule has 34 valence electrons. The predicted octanol–water partition coefficient (Wildman–Crippen LogP) is 0.558. The molecule has 0 spiro atoms. The van der Waals surface area contributed by atoms with Crippen molar-refractivity contribution >= 4 is 0 Å². The highest BCUT2D eigenvalue weighted by Gasteiger charge is 1.59. The maximum absolute atomic E-state index is 3.67. The van der Waals surface area contributed by atoms with Crippen molar-refractivity contribution < 1.29 is 0 Å². The molecule has 1 aromatic heterocycles. The first kappa shape index (κ1) is 6.08. The van der Waals surface area contributed by atoms with E-state index in [0.717, 1.165) is 0 Å². The van der Waals surface area contributed by atoms with E-state index in [4.69, 9.17) is 0 Å². The Morgan fingerprint density at radius 1 is 1.00 bits per heavy atom. The molecule has 0 atom stereocenters. The first-order valence-electron chi connectivity index (χ1n) is 1.70. The summed E-state index contributed by atoms with van der Waals surface area (Å²) in [6.45, 7) is 0. The second-order valence-corrected chi connectivity index (χ2v) is 0.904. The lowest BCUT2D eigenvalue weighted by molar-refractivity contribution is 1.17. The maximum Gasteiger partial charge on any atom is 0.115 e. The highest BCUT2D eigenvalue weighted by Crippen LogP contribution is 1.66. The van der Waals surface area contributed by atoms with Crippen LogP contribution in [0.4, 0.5) is 0 Å². The third kappa shape index (κ3) is 1.87. The van der Waals surface area contributed by atoms with Crippen molar-refractivity contribution in [3.8, 4) is 0 Å². The summed E-state index contributed by atoms with van der Waals surface area (Å²) >= 11 is 0. The van der Waals surface area contributed by atoms with Crippen molar-refractivity contribution in [1.82, 2.24) is 9.97 Å². The second kappa shape index (κ2) is 3.28. The molecule has 1 rings (SSSR count). The van der Waals surface area contributed by atoms with E-state index in [1.54, 1.807) is 18.5 Å². The largest absolute Gasteiger partial charge is 0.245 e. The van der Waals surface area contributed by atoms with Crippen molar-refractivity contribution in [2.24, 2.45) is 0 Å². The number of hydrogen-bond donors (Lipinski definition) is 0. The summed E-state index contributed by atoms with van der Waals surface area (Å²) in [4.78, 5) is 7.35. The summed E-state index contributed by atoms with van der Waals surface area (Å²) in [6.07, 6.45) is 4.88. The molecule has 0 aliphatic carbocycles. The van der Waals surface area contributed by atoms with Crippen LogP contribution in [0.1, 0.15) is 0 Å². The maximum atomic E-state index is 3.67. The molecule has 0 aromatic carbocycles. The van der Waals surface area contributed by atoms with Gasteiger partial charge in [0.05, 0.1) is 0 Å². The van der Waals surface area contributed by atoms with E-state index in [1.807, 2.05) is 0 Å². The molecular formula is C5H4N2. The summed E-state index contributed by atoms with van der Waals surface area (Å²) in [6, 6.07) is 1.78. The Labute approximate surface area is 43.2 Å². The van der Waals surface area contributed by atoms with E-state index < -0.39 is 0 Å². The van der Waals surface area contributed by atoms with Crippen LogP contribution in [0.5, 0.6) is 0 Å². The zero-order chi connectivity index (χ0) is 4.24. The van der Waals surface area contributed by atoms with Gasteiger partial charge in [-0.2, -0.15) is 0 Å². The van der Waals surface area contributed by atoms with Crippen LogP contribution in [0, 0.1) is 7.43 Å². The molecule has 0 aliphatic rings. The minimum absolute atomic E-state index is 0. The van der Waals surface area contributed by atoms with E-state index in [-0.39, 0.29) is 7.43 Å². The molecule has 0 saturated carbocycles. The van der Waals surface area contributed by atoms with Crippen LogP contribution in [-0.4, -0.2) is 9.97 Å². The molecule has 0 amide bonds. The SMILES string of the molecule is [C].c1cncnc1. The zero-order valence-electron chi connectivity index (χ0n) is 3.70.